The fraction of sp³-hybridized carbons (Fsp3) is 0.480. The van der Waals surface area contributed by atoms with Crippen LogP contribution in [0.25, 0.3) is 0 Å². The summed E-state index contributed by atoms with van der Waals surface area (Å²) in [7, 11) is 0. The number of allylic oxidation sites excluding steroid dienone is 6. The van der Waals surface area contributed by atoms with Gasteiger partial charge in [0.15, 0.2) is 0 Å². The molecule has 0 spiro atoms. The zero-order chi connectivity index (χ0) is 19.4. The average molecular weight is 368 g/mol. The highest BCUT2D eigenvalue weighted by atomic mass is 16.1. The Balaban J connectivity index is 1.87. The van der Waals surface area contributed by atoms with E-state index in [1.165, 1.54) is 25.7 Å². The van der Waals surface area contributed by atoms with Gasteiger partial charge >= 0.3 is 0 Å². The minimum atomic E-state index is 0.167. The molecule has 27 heavy (non-hydrogen) atoms. The van der Waals surface area contributed by atoms with Crippen LogP contribution in [0.2, 0.25) is 0 Å². The maximum Gasteiger partial charge on any atom is 0.220 e. The van der Waals surface area contributed by atoms with Crippen LogP contribution in [0, 0.1) is 0 Å². The Morgan fingerprint density at radius 1 is 0.815 bits per heavy atom. The van der Waals surface area contributed by atoms with Gasteiger partial charge in [0.2, 0.25) is 5.91 Å². The average Bonchev–Trinajstić information content (AvgIpc) is 2.70. The summed E-state index contributed by atoms with van der Waals surface area (Å²) in [6.07, 6.45) is 24.3. The van der Waals surface area contributed by atoms with Gasteiger partial charge in [-0.15, -0.1) is 0 Å². The Bertz CT molecular complexity index is 557. The maximum atomic E-state index is 11.8. The second kappa shape index (κ2) is 17.3. The van der Waals surface area contributed by atoms with Gasteiger partial charge in [-0.1, -0.05) is 93.0 Å². The van der Waals surface area contributed by atoms with Crippen LogP contribution in [0.1, 0.15) is 76.7 Å². The lowest BCUT2D eigenvalue weighted by Crippen LogP contribution is -2.22. The number of benzene rings is 1. The van der Waals surface area contributed by atoms with Gasteiger partial charge in [0, 0.05) is 13.0 Å². The van der Waals surface area contributed by atoms with Gasteiger partial charge in [-0.3, -0.25) is 4.79 Å². The first-order chi connectivity index (χ1) is 13.3. The lowest BCUT2D eigenvalue weighted by molar-refractivity contribution is -0.121. The molecule has 1 aromatic carbocycles. The van der Waals surface area contributed by atoms with Gasteiger partial charge in [-0.25, -0.2) is 0 Å². The summed E-state index contributed by atoms with van der Waals surface area (Å²) in [5.41, 5.74) is 1.16. The van der Waals surface area contributed by atoms with E-state index in [1.807, 2.05) is 30.3 Å². The molecule has 1 N–H and O–H groups in total. The van der Waals surface area contributed by atoms with Crippen molar-refractivity contribution in [1.82, 2.24) is 5.32 Å². The molecule has 0 unspecified atom stereocenters. The summed E-state index contributed by atoms with van der Waals surface area (Å²) in [6, 6.07) is 10.1. The smallest absolute Gasteiger partial charge is 0.220 e. The Morgan fingerprint density at radius 3 is 2.19 bits per heavy atom. The number of carbonyl (C=O) groups is 1. The van der Waals surface area contributed by atoms with Crippen LogP contribution < -0.4 is 5.32 Å². The fourth-order valence-corrected chi connectivity index (χ4v) is 2.79. The van der Waals surface area contributed by atoms with E-state index in [0.29, 0.717) is 13.0 Å². The van der Waals surface area contributed by atoms with Gasteiger partial charge in [0.25, 0.3) is 0 Å². The summed E-state index contributed by atoms with van der Waals surface area (Å²) in [5, 5.41) is 2.99. The van der Waals surface area contributed by atoms with E-state index in [0.717, 1.165) is 37.7 Å². The Morgan fingerprint density at radius 2 is 1.44 bits per heavy atom. The van der Waals surface area contributed by atoms with Crippen molar-refractivity contribution in [1.29, 1.82) is 0 Å². The number of rotatable bonds is 15. The maximum absolute atomic E-state index is 11.8. The summed E-state index contributed by atoms with van der Waals surface area (Å²) < 4.78 is 0. The van der Waals surface area contributed by atoms with Crippen molar-refractivity contribution < 1.29 is 4.79 Å². The van der Waals surface area contributed by atoms with Gasteiger partial charge in [-0.05, 0) is 44.1 Å². The molecule has 1 amide bonds. The van der Waals surface area contributed by atoms with Crippen LogP contribution in [0.15, 0.2) is 66.8 Å². The third-order valence-corrected chi connectivity index (χ3v) is 4.39. The molecular weight excluding hydrogens is 330 g/mol. The minimum absolute atomic E-state index is 0.167. The highest BCUT2D eigenvalue weighted by Crippen LogP contribution is 2.08. The first kappa shape index (κ1) is 23.0. The molecule has 2 heteroatoms. The topological polar surface area (TPSA) is 29.1 Å². The molecule has 0 aliphatic carbocycles. The highest BCUT2D eigenvalue weighted by molar-refractivity contribution is 5.75. The number of unbranched alkanes of at least 4 members (excludes halogenated alkanes) is 5. The molecule has 2 nitrogen and oxygen atoms in total. The second-order valence-electron chi connectivity index (χ2n) is 6.86. The Kier molecular flexibility index (Phi) is 14.7. The number of hydrogen-bond acceptors (Lipinski definition) is 1. The summed E-state index contributed by atoms with van der Waals surface area (Å²) in [6.45, 7) is 2.80. The van der Waals surface area contributed by atoms with Gasteiger partial charge in [0.05, 0.1) is 0 Å². The molecule has 0 bridgehead atoms. The summed E-state index contributed by atoms with van der Waals surface area (Å²) in [5.74, 6) is 0.167. The quantitative estimate of drug-likeness (QED) is 0.265. The van der Waals surface area contributed by atoms with E-state index in [-0.39, 0.29) is 5.91 Å². The SMILES string of the molecule is CC/C=C/C/C=C/C/C=C/CCCCCCCC(=O)NCc1ccccc1. The third kappa shape index (κ3) is 14.7. The molecule has 0 saturated carbocycles. The van der Waals surface area contributed by atoms with Crippen LogP contribution >= 0.6 is 0 Å². The van der Waals surface area contributed by atoms with E-state index in [4.69, 9.17) is 0 Å². The van der Waals surface area contributed by atoms with Crippen LogP contribution in [-0.4, -0.2) is 5.91 Å². The summed E-state index contributed by atoms with van der Waals surface area (Å²) >= 11 is 0. The molecule has 0 fully saturated rings. The zero-order valence-corrected chi connectivity index (χ0v) is 17.0. The van der Waals surface area contributed by atoms with E-state index in [1.54, 1.807) is 0 Å². The predicted octanol–water partition coefficient (Wildman–Crippen LogP) is 6.89. The molecule has 0 radical (unpaired) electrons. The molecular formula is C25H37NO. The van der Waals surface area contributed by atoms with E-state index in [9.17, 15) is 4.79 Å². The van der Waals surface area contributed by atoms with Gasteiger partial charge in [0.1, 0.15) is 0 Å². The largest absolute Gasteiger partial charge is 0.352 e. The summed E-state index contributed by atoms with van der Waals surface area (Å²) in [4.78, 5) is 11.8. The molecule has 1 aromatic rings. The molecule has 148 valence electrons. The zero-order valence-electron chi connectivity index (χ0n) is 17.0. The molecule has 1 rings (SSSR count). The molecule has 0 aliphatic rings. The van der Waals surface area contributed by atoms with Gasteiger partial charge < -0.3 is 5.32 Å². The van der Waals surface area contributed by atoms with Crippen LogP contribution in [0.4, 0.5) is 0 Å². The van der Waals surface area contributed by atoms with Crippen LogP contribution in [0.5, 0.6) is 0 Å². The molecule has 0 saturated heterocycles. The number of hydrogen-bond donors (Lipinski definition) is 1. The van der Waals surface area contributed by atoms with Crippen molar-refractivity contribution in [2.75, 3.05) is 0 Å². The van der Waals surface area contributed by atoms with Gasteiger partial charge in [-0.2, -0.15) is 0 Å². The lowest BCUT2D eigenvalue weighted by Gasteiger charge is -2.05. The molecule has 0 aromatic heterocycles. The second-order valence-corrected chi connectivity index (χ2v) is 6.86. The highest BCUT2D eigenvalue weighted by Gasteiger charge is 2.00. The van der Waals surface area contributed by atoms with Crippen molar-refractivity contribution in [2.45, 2.75) is 77.7 Å². The van der Waals surface area contributed by atoms with Crippen molar-refractivity contribution in [3.63, 3.8) is 0 Å². The Hall–Kier alpha value is -2.09. The first-order valence-corrected chi connectivity index (χ1v) is 10.6. The molecule has 0 aliphatic heterocycles. The predicted molar refractivity (Wildman–Crippen MR) is 118 cm³/mol. The van der Waals surface area contributed by atoms with E-state index >= 15 is 0 Å². The van der Waals surface area contributed by atoms with Crippen molar-refractivity contribution in [2.24, 2.45) is 0 Å². The van der Waals surface area contributed by atoms with Crippen LogP contribution in [-0.2, 0) is 11.3 Å². The van der Waals surface area contributed by atoms with Crippen LogP contribution in [0.3, 0.4) is 0 Å². The lowest BCUT2D eigenvalue weighted by atomic mass is 10.1. The standard InChI is InChI=1S/C25H37NO/c1-2-3-4-5-6-7-8-9-10-11-12-13-14-15-19-22-25(27)26-23-24-20-17-16-18-21-24/h3-4,6-7,9-10,16-18,20-21H,2,5,8,11-15,19,22-23H2,1H3,(H,26,27)/b4-3+,7-6+,10-9+. The van der Waals surface area contributed by atoms with E-state index in [2.05, 4.69) is 48.7 Å². The van der Waals surface area contributed by atoms with Crippen molar-refractivity contribution >= 4 is 5.91 Å². The van der Waals surface area contributed by atoms with E-state index < -0.39 is 0 Å². The molecule has 0 heterocycles. The minimum Gasteiger partial charge on any atom is -0.352 e. The molecule has 0 atom stereocenters. The normalized spacial score (nSPS) is 11.7. The monoisotopic (exact) mass is 367 g/mol. The number of nitrogens with one attached hydrogen (secondary N) is 1. The number of carbonyl (C=O) groups excluding carboxylic acids is 1. The first-order valence-electron chi connectivity index (χ1n) is 10.6. The third-order valence-electron chi connectivity index (χ3n) is 4.39. The van der Waals surface area contributed by atoms with Crippen molar-refractivity contribution in [3.05, 3.63) is 72.4 Å². The van der Waals surface area contributed by atoms with Crippen molar-refractivity contribution in [3.8, 4) is 0 Å². The fourth-order valence-electron chi connectivity index (χ4n) is 2.79. The number of amides is 1. The Labute approximate surface area is 166 Å².